The molecule has 2 nitrogen and oxygen atoms in total. The van der Waals surface area contributed by atoms with E-state index in [0.717, 1.165) is 6.54 Å². The van der Waals surface area contributed by atoms with Crippen molar-refractivity contribution in [2.24, 2.45) is 5.73 Å². The molecular formula is C14H22N2. The van der Waals surface area contributed by atoms with Gasteiger partial charge in [-0.3, -0.25) is 0 Å². The van der Waals surface area contributed by atoms with Gasteiger partial charge in [0, 0.05) is 29.7 Å². The normalized spacial score (nSPS) is 20.4. The summed E-state index contributed by atoms with van der Waals surface area (Å²) in [6.45, 7) is 9.77. The predicted octanol–water partition coefficient (Wildman–Crippen LogP) is 2.74. The van der Waals surface area contributed by atoms with E-state index in [1.807, 2.05) is 0 Å². The average Bonchev–Trinajstić information content (AvgIpc) is 2.56. The zero-order valence-corrected chi connectivity index (χ0v) is 10.7. The van der Waals surface area contributed by atoms with Gasteiger partial charge in [-0.1, -0.05) is 18.2 Å². The van der Waals surface area contributed by atoms with E-state index in [1.54, 1.807) is 0 Å². The zero-order valence-electron chi connectivity index (χ0n) is 10.7. The van der Waals surface area contributed by atoms with Crippen LogP contribution in [0.3, 0.4) is 0 Å². The van der Waals surface area contributed by atoms with Crippen molar-refractivity contribution in [1.82, 2.24) is 0 Å². The lowest BCUT2D eigenvalue weighted by Crippen LogP contribution is -2.42. The van der Waals surface area contributed by atoms with Gasteiger partial charge in [-0.15, -0.1) is 0 Å². The molecule has 0 saturated heterocycles. The molecule has 0 aliphatic carbocycles. The molecule has 0 radical (unpaired) electrons. The molecule has 1 aromatic rings. The van der Waals surface area contributed by atoms with E-state index in [1.165, 1.54) is 11.3 Å². The number of nitrogens with zero attached hydrogens (tertiary/aromatic N) is 1. The molecule has 2 heteroatoms. The van der Waals surface area contributed by atoms with Gasteiger partial charge < -0.3 is 10.6 Å². The van der Waals surface area contributed by atoms with Crippen LogP contribution in [0.2, 0.25) is 0 Å². The Morgan fingerprint density at radius 1 is 1.31 bits per heavy atom. The van der Waals surface area contributed by atoms with Gasteiger partial charge in [0.1, 0.15) is 0 Å². The molecule has 0 fully saturated rings. The summed E-state index contributed by atoms with van der Waals surface area (Å²) in [4.78, 5) is 2.45. The highest BCUT2D eigenvalue weighted by atomic mass is 15.2. The molecular weight excluding hydrogens is 196 g/mol. The van der Waals surface area contributed by atoms with Crippen molar-refractivity contribution in [3.63, 3.8) is 0 Å². The fourth-order valence-electron chi connectivity index (χ4n) is 2.56. The van der Waals surface area contributed by atoms with Crippen molar-refractivity contribution in [3.05, 3.63) is 29.8 Å². The van der Waals surface area contributed by atoms with Crippen LogP contribution in [-0.2, 0) is 0 Å². The number of hydrogen-bond acceptors (Lipinski definition) is 2. The minimum absolute atomic E-state index is 0.153. The van der Waals surface area contributed by atoms with E-state index >= 15 is 0 Å². The van der Waals surface area contributed by atoms with Crippen molar-refractivity contribution < 1.29 is 0 Å². The Bertz CT molecular complexity index is 377. The minimum Gasteiger partial charge on any atom is -0.368 e. The van der Waals surface area contributed by atoms with Crippen LogP contribution in [0.4, 0.5) is 5.69 Å². The third-order valence-electron chi connectivity index (χ3n) is 3.52. The van der Waals surface area contributed by atoms with Gasteiger partial charge in [0.15, 0.2) is 0 Å². The maximum absolute atomic E-state index is 6.29. The van der Waals surface area contributed by atoms with Crippen LogP contribution in [-0.4, -0.2) is 18.1 Å². The summed E-state index contributed by atoms with van der Waals surface area (Å²) in [5.41, 5.74) is 8.91. The number of anilines is 1. The Labute approximate surface area is 98.4 Å². The molecule has 1 unspecified atom stereocenters. The largest absolute Gasteiger partial charge is 0.368 e. The predicted molar refractivity (Wildman–Crippen MR) is 69.9 cm³/mol. The summed E-state index contributed by atoms with van der Waals surface area (Å²) in [6, 6.07) is 9.19. The molecule has 1 aliphatic rings. The Morgan fingerprint density at radius 3 is 2.50 bits per heavy atom. The lowest BCUT2D eigenvalue weighted by molar-refractivity contribution is 0.420. The summed E-state index contributed by atoms with van der Waals surface area (Å²) in [5, 5.41) is 0. The lowest BCUT2D eigenvalue weighted by atomic mass is 9.84. The second kappa shape index (κ2) is 3.77. The highest BCUT2D eigenvalue weighted by Crippen LogP contribution is 2.41. The van der Waals surface area contributed by atoms with Crippen LogP contribution < -0.4 is 10.6 Å². The summed E-state index contributed by atoms with van der Waals surface area (Å²) < 4.78 is 0. The average molecular weight is 218 g/mol. The monoisotopic (exact) mass is 218 g/mol. The van der Waals surface area contributed by atoms with Crippen molar-refractivity contribution in [1.29, 1.82) is 0 Å². The van der Waals surface area contributed by atoms with Gasteiger partial charge >= 0.3 is 0 Å². The Hall–Kier alpha value is -1.02. The topological polar surface area (TPSA) is 29.3 Å². The lowest BCUT2D eigenvalue weighted by Gasteiger charge is -2.29. The maximum Gasteiger partial charge on any atom is 0.0405 e. The molecule has 0 amide bonds. The van der Waals surface area contributed by atoms with E-state index in [-0.39, 0.29) is 5.54 Å². The van der Waals surface area contributed by atoms with Crippen LogP contribution in [0.15, 0.2) is 24.3 Å². The first kappa shape index (κ1) is 11.5. The summed E-state index contributed by atoms with van der Waals surface area (Å²) >= 11 is 0. The first-order chi connectivity index (χ1) is 7.41. The van der Waals surface area contributed by atoms with Crippen LogP contribution in [0.25, 0.3) is 0 Å². The third-order valence-corrected chi connectivity index (χ3v) is 3.52. The second-order valence-electron chi connectivity index (χ2n) is 5.68. The van der Waals surface area contributed by atoms with Crippen molar-refractivity contribution in [2.45, 2.75) is 45.2 Å². The van der Waals surface area contributed by atoms with Gasteiger partial charge in [-0.2, -0.15) is 0 Å². The zero-order chi connectivity index (χ0) is 11.9. The van der Waals surface area contributed by atoms with E-state index < -0.39 is 0 Å². The van der Waals surface area contributed by atoms with Crippen molar-refractivity contribution in [2.75, 3.05) is 11.4 Å². The number of fused-ring (bicyclic) bond motifs is 1. The molecule has 0 bridgehead atoms. The third kappa shape index (κ3) is 1.82. The summed E-state index contributed by atoms with van der Waals surface area (Å²) in [7, 11) is 0. The number of hydrogen-bond donors (Lipinski definition) is 1. The molecule has 0 spiro atoms. The molecule has 2 rings (SSSR count). The van der Waals surface area contributed by atoms with Crippen LogP contribution >= 0.6 is 0 Å². The number of benzene rings is 1. The van der Waals surface area contributed by atoms with Gasteiger partial charge in [0.2, 0.25) is 0 Å². The molecule has 1 aromatic carbocycles. The highest BCUT2D eigenvalue weighted by Gasteiger charge is 2.37. The first-order valence-corrected chi connectivity index (χ1v) is 6.05. The SMILES string of the molecule is CC(C)N1CC(C(C)(C)N)c2ccccc21. The van der Waals surface area contributed by atoms with Crippen LogP contribution in [0.1, 0.15) is 39.2 Å². The second-order valence-corrected chi connectivity index (χ2v) is 5.68. The van der Waals surface area contributed by atoms with Gasteiger partial charge in [0.05, 0.1) is 0 Å². The number of para-hydroxylation sites is 1. The molecule has 88 valence electrons. The smallest absolute Gasteiger partial charge is 0.0405 e. The minimum atomic E-state index is -0.153. The standard InChI is InChI=1S/C14H22N2/c1-10(2)16-9-12(14(3,4)15)11-7-5-6-8-13(11)16/h5-8,10,12H,9,15H2,1-4H3. The van der Waals surface area contributed by atoms with Crippen molar-refractivity contribution >= 4 is 5.69 Å². The van der Waals surface area contributed by atoms with E-state index in [0.29, 0.717) is 12.0 Å². The molecule has 1 atom stereocenters. The maximum atomic E-state index is 6.29. The fraction of sp³-hybridized carbons (Fsp3) is 0.571. The van der Waals surface area contributed by atoms with Crippen LogP contribution in [0, 0.1) is 0 Å². The highest BCUT2D eigenvalue weighted by molar-refractivity contribution is 5.61. The van der Waals surface area contributed by atoms with Gasteiger partial charge in [-0.25, -0.2) is 0 Å². The van der Waals surface area contributed by atoms with E-state index in [4.69, 9.17) is 5.73 Å². The van der Waals surface area contributed by atoms with E-state index in [2.05, 4.69) is 56.9 Å². The fourth-order valence-corrected chi connectivity index (χ4v) is 2.56. The summed E-state index contributed by atoms with van der Waals surface area (Å²) in [6.07, 6.45) is 0. The molecule has 1 aliphatic heterocycles. The molecule has 16 heavy (non-hydrogen) atoms. The molecule has 0 aromatic heterocycles. The number of rotatable bonds is 2. The Morgan fingerprint density at radius 2 is 1.94 bits per heavy atom. The molecule has 0 saturated carbocycles. The van der Waals surface area contributed by atoms with Gasteiger partial charge in [-0.05, 0) is 39.3 Å². The Balaban J connectivity index is 2.43. The molecule has 1 heterocycles. The number of nitrogens with two attached hydrogens (primary N) is 1. The summed E-state index contributed by atoms with van der Waals surface area (Å²) in [5.74, 6) is 0.436. The van der Waals surface area contributed by atoms with Crippen LogP contribution in [0.5, 0.6) is 0 Å². The first-order valence-electron chi connectivity index (χ1n) is 6.05. The molecule has 2 N–H and O–H groups in total. The quantitative estimate of drug-likeness (QED) is 0.827. The Kier molecular flexibility index (Phi) is 2.70. The van der Waals surface area contributed by atoms with Crippen molar-refractivity contribution in [3.8, 4) is 0 Å². The van der Waals surface area contributed by atoms with E-state index in [9.17, 15) is 0 Å². The van der Waals surface area contributed by atoms with Gasteiger partial charge in [0.25, 0.3) is 0 Å².